The van der Waals surface area contributed by atoms with Crippen molar-refractivity contribution in [2.75, 3.05) is 0 Å². The van der Waals surface area contributed by atoms with Crippen molar-refractivity contribution in [1.29, 1.82) is 0 Å². The third-order valence-corrected chi connectivity index (χ3v) is 10.2. The summed E-state index contributed by atoms with van der Waals surface area (Å²) in [5.74, 6) is 0. The van der Waals surface area contributed by atoms with Crippen LogP contribution in [0.25, 0.3) is 65.5 Å². The van der Waals surface area contributed by atoms with E-state index in [-0.39, 0.29) is 12.2 Å². The monoisotopic (exact) mass is 627 g/mol. The molecule has 49 heavy (non-hydrogen) atoms. The molecule has 1 aliphatic heterocycles. The van der Waals surface area contributed by atoms with E-state index in [2.05, 4.69) is 191 Å². The van der Waals surface area contributed by atoms with Crippen LogP contribution in [0.15, 0.2) is 176 Å². The van der Waals surface area contributed by atoms with Gasteiger partial charge in [0, 0.05) is 32.9 Å². The minimum Gasteiger partial charge on any atom is -0.366 e. The quantitative estimate of drug-likeness (QED) is 0.190. The Morgan fingerprint density at radius 3 is 1.98 bits per heavy atom. The van der Waals surface area contributed by atoms with Gasteiger partial charge in [-0.05, 0) is 62.5 Å². The van der Waals surface area contributed by atoms with Crippen molar-refractivity contribution in [3.63, 3.8) is 0 Å². The molecule has 9 aromatic rings. The number of fused-ring (bicyclic) bond motifs is 10. The molecule has 3 nitrogen and oxygen atoms in total. The molecule has 0 saturated carbocycles. The van der Waals surface area contributed by atoms with Gasteiger partial charge in [0.15, 0.2) is 0 Å². The number of para-hydroxylation sites is 1. The molecule has 0 saturated heterocycles. The van der Waals surface area contributed by atoms with Crippen LogP contribution in [0.1, 0.15) is 28.9 Å². The summed E-state index contributed by atoms with van der Waals surface area (Å²) < 4.78 is 2.50. The molecular formula is C46H33N3. The summed E-state index contributed by atoms with van der Waals surface area (Å²) in [6.07, 6.45) is 2.29. The van der Waals surface area contributed by atoms with Crippen LogP contribution in [0, 0.1) is 0 Å². The lowest BCUT2D eigenvalue weighted by molar-refractivity contribution is 0.442. The fourth-order valence-corrected chi connectivity index (χ4v) is 8.02. The van der Waals surface area contributed by atoms with Gasteiger partial charge in [0.05, 0.1) is 17.1 Å². The van der Waals surface area contributed by atoms with Gasteiger partial charge in [-0.3, -0.25) is 5.32 Å². The Morgan fingerprint density at radius 2 is 1.14 bits per heavy atom. The number of aromatic nitrogens is 1. The van der Waals surface area contributed by atoms with E-state index in [0.29, 0.717) is 0 Å². The Hall–Kier alpha value is -6.16. The van der Waals surface area contributed by atoms with Crippen LogP contribution in [0.4, 0.5) is 0 Å². The van der Waals surface area contributed by atoms with E-state index in [9.17, 15) is 0 Å². The zero-order valence-electron chi connectivity index (χ0n) is 26.8. The number of rotatable bonds is 4. The first kappa shape index (κ1) is 27.9. The molecule has 2 unspecified atom stereocenters. The van der Waals surface area contributed by atoms with Crippen LogP contribution in [0.3, 0.4) is 0 Å². The minimum absolute atomic E-state index is 0.00350. The molecular weight excluding hydrogens is 595 g/mol. The smallest absolute Gasteiger partial charge is 0.104 e. The first-order valence-corrected chi connectivity index (χ1v) is 17.0. The van der Waals surface area contributed by atoms with Crippen molar-refractivity contribution in [1.82, 2.24) is 15.2 Å². The molecule has 0 radical (unpaired) electrons. The van der Waals surface area contributed by atoms with Crippen LogP contribution in [-0.2, 0) is 0 Å². The molecule has 3 heteroatoms. The molecule has 232 valence electrons. The maximum Gasteiger partial charge on any atom is 0.104 e. The van der Waals surface area contributed by atoms with E-state index in [1.165, 1.54) is 70.8 Å². The number of nitrogens with one attached hydrogen (secondary N) is 2. The predicted molar refractivity (Wildman–Crippen MR) is 206 cm³/mol. The highest BCUT2D eigenvalue weighted by Crippen LogP contribution is 2.45. The van der Waals surface area contributed by atoms with Crippen molar-refractivity contribution >= 4 is 59.8 Å². The maximum absolute atomic E-state index is 3.91. The molecule has 0 spiro atoms. The molecule has 0 fully saturated rings. The minimum atomic E-state index is -0.0353. The lowest BCUT2D eigenvalue weighted by Crippen LogP contribution is -2.39. The average Bonchev–Trinajstić information content (AvgIpc) is 3.54. The van der Waals surface area contributed by atoms with E-state index in [1.807, 2.05) is 0 Å². The number of hydrogen-bond acceptors (Lipinski definition) is 2. The van der Waals surface area contributed by atoms with Crippen molar-refractivity contribution in [3.05, 3.63) is 193 Å². The van der Waals surface area contributed by atoms with Crippen molar-refractivity contribution in [2.45, 2.75) is 12.2 Å². The Morgan fingerprint density at radius 1 is 0.469 bits per heavy atom. The van der Waals surface area contributed by atoms with Gasteiger partial charge in [0.1, 0.15) is 6.17 Å². The largest absolute Gasteiger partial charge is 0.366 e. The van der Waals surface area contributed by atoms with Gasteiger partial charge in [0.25, 0.3) is 0 Å². The highest BCUT2D eigenvalue weighted by atomic mass is 15.2. The first-order chi connectivity index (χ1) is 24.3. The second kappa shape index (κ2) is 11.2. The standard InChI is InChI=1S/C46H33N3/c1-3-15-31(16-4-1)40-29-41(48-46(47-40)32-17-5-2-6-18-32)33-19-13-20-34(28-33)49-42-25-12-11-24-39(42)44-43-35-21-8-7-14-30(35)26-27-37(43)36-22-9-10-23-38(36)45(44)49/h1-29,41,46-48H. The van der Waals surface area contributed by atoms with Crippen molar-refractivity contribution in [2.24, 2.45) is 0 Å². The van der Waals surface area contributed by atoms with Crippen LogP contribution in [-0.4, -0.2) is 4.57 Å². The zero-order valence-corrected chi connectivity index (χ0v) is 26.8. The molecule has 2 heterocycles. The predicted octanol–water partition coefficient (Wildman–Crippen LogP) is 11.2. The Kier molecular flexibility index (Phi) is 6.39. The summed E-state index contributed by atoms with van der Waals surface area (Å²) in [6, 6.07) is 61.6. The average molecular weight is 628 g/mol. The van der Waals surface area contributed by atoms with Gasteiger partial charge in [-0.15, -0.1) is 0 Å². The van der Waals surface area contributed by atoms with E-state index >= 15 is 0 Å². The van der Waals surface area contributed by atoms with Gasteiger partial charge >= 0.3 is 0 Å². The normalized spacial score (nSPS) is 16.4. The van der Waals surface area contributed by atoms with Crippen LogP contribution in [0.5, 0.6) is 0 Å². The molecule has 10 rings (SSSR count). The molecule has 0 amide bonds. The summed E-state index contributed by atoms with van der Waals surface area (Å²) >= 11 is 0. The molecule has 2 N–H and O–H groups in total. The third kappa shape index (κ3) is 4.47. The lowest BCUT2D eigenvalue weighted by Gasteiger charge is -2.33. The zero-order chi connectivity index (χ0) is 32.3. The Bertz CT molecular complexity index is 2720. The van der Waals surface area contributed by atoms with E-state index in [0.717, 1.165) is 11.4 Å². The summed E-state index contributed by atoms with van der Waals surface area (Å²) in [5, 5.41) is 18.0. The van der Waals surface area contributed by atoms with Crippen LogP contribution < -0.4 is 10.6 Å². The highest BCUT2D eigenvalue weighted by molar-refractivity contribution is 6.36. The summed E-state index contributed by atoms with van der Waals surface area (Å²) in [4.78, 5) is 0. The van der Waals surface area contributed by atoms with Crippen molar-refractivity contribution < 1.29 is 0 Å². The summed E-state index contributed by atoms with van der Waals surface area (Å²) in [7, 11) is 0. The van der Waals surface area contributed by atoms with Crippen LogP contribution >= 0.6 is 0 Å². The Labute approximate surface area is 284 Å². The summed E-state index contributed by atoms with van der Waals surface area (Å²) in [6.45, 7) is 0. The first-order valence-electron chi connectivity index (χ1n) is 17.0. The van der Waals surface area contributed by atoms with E-state index in [1.54, 1.807) is 0 Å². The fourth-order valence-electron chi connectivity index (χ4n) is 8.02. The van der Waals surface area contributed by atoms with Gasteiger partial charge in [-0.2, -0.15) is 0 Å². The topological polar surface area (TPSA) is 29.0 Å². The molecule has 1 aliphatic rings. The SMILES string of the molecule is C1=C(c2ccccc2)NC(c2ccccc2)NC1c1cccc(-n2c3ccccc3c3c4c5ccccc5ccc4c4ccccc4c32)c1. The second-order valence-electron chi connectivity index (χ2n) is 13.0. The fraction of sp³-hybridized carbons (Fsp3) is 0.0435. The number of benzene rings is 8. The van der Waals surface area contributed by atoms with E-state index in [4.69, 9.17) is 0 Å². The van der Waals surface area contributed by atoms with E-state index < -0.39 is 0 Å². The summed E-state index contributed by atoms with van der Waals surface area (Å²) in [5.41, 5.74) is 8.34. The van der Waals surface area contributed by atoms with Gasteiger partial charge < -0.3 is 9.88 Å². The molecule has 1 aromatic heterocycles. The van der Waals surface area contributed by atoms with Crippen LogP contribution in [0.2, 0.25) is 0 Å². The third-order valence-electron chi connectivity index (χ3n) is 10.2. The highest BCUT2D eigenvalue weighted by Gasteiger charge is 2.25. The number of hydrogen-bond donors (Lipinski definition) is 2. The van der Waals surface area contributed by atoms with Gasteiger partial charge in [-0.25, -0.2) is 0 Å². The lowest BCUT2D eigenvalue weighted by atomic mass is 9.93. The Balaban J connectivity index is 1.23. The van der Waals surface area contributed by atoms with Gasteiger partial charge in [-0.1, -0.05) is 152 Å². The number of nitrogens with zero attached hydrogens (tertiary/aromatic N) is 1. The molecule has 8 aromatic carbocycles. The molecule has 2 atom stereocenters. The molecule has 0 bridgehead atoms. The second-order valence-corrected chi connectivity index (χ2v) is 13.0. The van der Waals surface area contributed by atoms with Gasteiger partial charge in [0.2, 0.25) is 0 Å². The maximum atomic E-state index is 3.91. The molecule has 0 aliphatic carbocycles. The van der Waals surface area contributed by atoms with Crippen molar-refractivity contribution in [3.8, 4) is 5.69 Å².